The maximum absolute atomic E-state index is 12.0. The minimum atomic E-state index is -0.100. The van der Waals surface area contributed by atoms with Gasteiger partial charge in [0.05, 0.1) is 12.0 Å². The highest BCUT2D eigenvalue weighted by atomic mass is 16.2. The standard InChI is InChI=1S/C11H19N5O/c1-8(10-15-13-7-16(10)2)14-11(17)9-4-3-5-12-6-9/h7-9,12H,3-6H2,1-2H3,(H,14,17). The summed E-state index contributed by atoms with van der Waals surface area (Å²) in [5.74, 6) is 0.967. The summed E-state index contributed by atoms with van der Waals surface area (Å²) in [6, 6.07) is -0.100. The van der Waals surface area contributed by atoms with Crippen LogP contribution in [-0.2, 0) is 11.8 Å². The van der Waals surface area contributed by atoms with Gasteiger partial charge in [-0.05, 0) is 26.3 Å². The van der Waals surface area contributed by atoms with E-state index in [4.69, 9.17) is 0 Å². The van der Waals surface area contributed by atoms with Crippen molar-refractivity contribution in [3.05, 3.63) is 12.2 Å². The molecule has 0 spiro atoms. The third kappa shape index (κ3) is 2.82. The monoisotopic (exact) mass is 237 g/mol. The fraction of sp³-hybridized carbons (Fsp3) is 0.727. The lowest BCUT2D eigenvalue weighted by molar-refractivity contribution is -0.126. The first-order chi connectivity index (χ1) is 8.18. The van der Waals surface area contributed by atoms with E-state index < -0.39 is 0 Å². The fourth-order valence-corrected chi connectivity index (χ4v) is 2.16. The van der Waals surface area contributed by atoms with Crippen LogP contribution < -0.4 is 10.6 Å². The van der Waals surface area contributed by atoms with E-state index in [1.54, 1.807) is 6.33 Å². The molecule has 0 bridgehead atoms. The van der Waals surface area contributed by atoms with Gasteiger partial charge in [-0.2, -0.15) is 0 Å². The van der Waals surface area contributed by atoms with Gasteiger partial charge in [0.15, 0.2) is 5.82 Å². The van der Waals surface area contributed by atoms with Crippen LogP contribution in [0.1, 0.15) is 31.6 Å². The Morgan fingerprint density at radius 2 is 2.53 bits per heavy atom. The number of hydrogen-bond acceptors (Lipinski definition) is 4. The number of carbonyl (C=O) groups is 1. The summed E-state index contributed by atoms with van der Waals surface area (Å²) in [5, 5.41) is 14.0. The number of rotatable bonds is 3. The lowest BCUT2D eigenvalue weighted by Gasteiger charge is -2.23. The predicted molar refractivity (Wildman–Crippen MR) is 63.2 cm³/mol. The number of piperidine rings is 1. The molecule has 2 heterocycles. The van der Waals surface area contributed by atoms with Gasteiger partial charge in [0.2, 0.25) is 5.91 Å². The fourth-order valence-electron chi connectivity index (χ4n) is 2.16. The number of nitrogens with one attached hydrogen (secondary N) is 2. The van der Waals surface area contributed by atoms with Crippen LogP contribution >= 0.6 is 0 Å². The van der Waals surface area contributed by atoms with E-state index >= 15 is 0 Å². The summed E-state index contributed by atoms with van der Waals surface area (Å²) in [6.07, 6.45) is 3.67. The molecule has 6 heteroatoms. The van der Waals surface area contributed by atoms with E-state index in [-0.39, 0.29) is 17.9 Å². The zero-order valence-corrected chi connectivity index (χ0v) is 10.3. The largest absolute Gasteiger partial charge is 0.346 e. The van der Waals surface area contributed by atoms with Crippen molar-refractivity contribution in [3.63, 3.8) is 0 Å². The van der Waals surface area contributed by atoms with Gasteiger partial charge >= 0.3 is 0 Å². The Labute approximate surface area is 101 Å². The van der Waals surface area contributed by atoms with E-state index in [1.807, 2.05) is 18.5 Å². The molecular weight excluding hydrogens is 218 g/mol. The highest BCUT2D eigenvalue weighted by Crippen LogP contribution is 2.13. The van der Waals surface area contributed by atoms with Crippen molar-refractivity contribution in [3.8, 4) is 0 Å². The number of carbonyl (C=O) groups excluding carboxylic acids is 1. The van der Waals surface area contributed by atoms with Crippen LogP contribution in [0.5, 0.6) is 0 Å². The predicted octanol–water partition coefficient (Wildman–Crippen LogP) is -0.00810. The van der Waals surface area contributed by atoms with Crippen molar-refractivity contribution >= 4 is 5.91 Å². The molecule has 0 aromatic carbocycles. The van der Waals surface area contributed by atoms with E-state index in [0.717, 1.165) is 31.8 Å². The molecule has 6 nitrogen and oxygen atoms in total. The molecule has 0 saturated carbocycles. The van der Waals surface area contributed by atoms with Gasteiger partial charge in [0, 0.05) is 13.6 Å². The van der Waals surface area contributed by atoms with E-state index in [2.05, 4.69) is 20.8 Å². The first-order valence-electron chi connectivity index (χ1n) is 6.03. The molecule has 0 radical (unpaired) electrons. The van der Waals surface area contributed by atoms with Gasteiger partial charge in [-0.25, -0.2) is 0 Å². The summed E-state index contributed by atoms with van der Waals surface area (Å²) < 4.78 is 1.82. The topological polar surface area (TPSA) is 71.8 Å². The molecule has 1 amide bonds. The van der Waals surface area contributed by atoms with Gasteiger partial charge < -0.3 is 15.2 Å². The van der Waals surface area contributed by atoms with Crippen molar-refractivity contribution in [2.24, 2.45) is 13.0 Å². The Kier molecular flexibility index (Phi) is 3.73. The number of hydrogen-bond donors (Lipinski definition) is 2. The molecule has 1 aromatic heterocycles. The summed E-state index contributed by atoms with van der Waals surface area (Å²) in [5.41, 5.74) is 0. The third-order valence-electron chi connectivity index (χ3n) is 3.16. The average molecular weight is 237 g/mol. The molecule has 0 aliphatic carbocycles. The highest BCUT2D eigenvalue weighted by Gasteiger charge is 2.23. The maximum Gasteiger partial charge on any atom is 0.224 e. The molecule has 94 valence electrons. The van der Waals surface area contributed by atoms with E-state index in [9.17, 15) is 4.79 Å². The van der Waals surface area contributed by atoms with Gasteiger partial charge in [-0.15, -0.1) is 10.2 Å². The minimum Gasteiger partial charge on any atom is -0.346 e. The van der Waals surface area contributed by atoms with Crippen molar-refractivity contribution in [1.82, 2.24) is 25.4 Å². The second-order valence-electron chi connectivity index (χ2n) is 4.57. The number of aromatic nitrogens is 3. The molecule has 2 atom stereocenters. The Balaban J connectivity index is 1.92. The average Bonchev–Trinajstić information content (AvgIpc) is 2.76. The van der Waals surface area contributed by atoms with Gasteiger partial charge in [0.1, 0.15) is 6.33 Å². The Morgan fingerprint density at radius 3 is 3.12 bits per heavy atom. The van der Waals surface area contributed by atoms with Gasteiger partial charge in [0.25, 0.3) is 0 Å². The molecule has 1 aromatic rings. The van der Waals surface area contributed by atoms with Crippen LogP contribution in [0.15, 0.2) is 6.33 Å². The molecule has 1 aliphatic heterocycles. The lowest BCUT2D eigenvalue weighted by Crippen LogP contribution is -2.41. The zero-order chi connectivity index (χ0) is 12.3. The SMILES string of the molecule is CC(NC(=O)C1CCCNC1)c1nncn1C. The van der Waals surface area contributed by atoms with E-state index in [0.29, 0.717) is 0 Å². The summed E-state index contributed by atoms with van der Waals surface area (Å²) in [6.45, 7) is 3.72. The maximum atomic E-state index is 12.0. The smallest absolute Gasteiger partial charge is 0.224 e. The van der Waals surface area contributed by atoms with Gasteiger partial charge in [-0.3, -0.25) is 4.79 Å². The van der Waals surface area contributed by atoms with Crippen LogP contribution in [-0.4, -0.2) is 33.8 Å². The van der Waals surface area contributed by atoms with Crippen molar-refractivity contribution < 1.29 is 4.79 Å². The normalized spacial score (nSPS) is 22.1. The third-order valence-corrected chi connectivity index (χ3v) is 3.16. The van der Waals surface area contributed by atoms with Crippen LogP contribution in [0, 0.1) is 5.92 Å². The Bertz CT molecular complexity index is 383. The minimum absolute atomic E-state index is 0.0828. The van der Waals surface area contributed by atoms with Crippen LogP contribution in [0.2, 0.25) is 0 Å². The molecule has 2 unspecified atom stereocenters. The molecule has 2 N–H and O–H groups in total. The quantitative estimate of drug-likeness (QED) is 0.775. The number of amides is 1. The molecule has 1 saturated heterocycles. The first kappa shape index (κ1) is 12.0. The molecule has 2 rings (SSSR count). The zero-order valence-electron chi connectivity index (χ0n) is 10.3. The summed E-state index contributed by atoms with van der Waals surface area (Å²) in [4.78, 5) is 12.0. The molecular formula is C11H19N5O. The lowest BCUT2D eigenvalue weighted by atomic mass is 9.98. The van der Waals surface area contributed by atoms with Crippen LogP contribution in [0.25, 0.3) is 0 Å². The molecule has 1 aliphatic rings. The second kappa shape index (κ2) is 5.27. The highest BCUT2D eigenvalue weighted by molar-refractivity contribution is 5.79. The first-order valence-corrected chi connectivity index (χ1v) is 6.03. The van der Waals surface area contributed by atoms with Crippen LogP contribution in [0.3, 0.4) is 0 Å². The second-order valence-corrected chi connectivity index (χ2v) is 4.57. The Hall–Kier alpha value is -1.43. The number of aryl methyl sites for hydroxylation is 1. The van der Waals surface area contributed by atoms with E-state index in [1.165, 1.54) is 0 Å². The van der Waals surface area contributed by atoms with Crippen molar-refractivity contribution in [2.45, 2.75) is 25.8 Å². The van der Waals surface area contributed by atoms with Gasteiger partial charge in [-0.1, -0.05) is 0 Å². The number of nitrogens with zero attached hydrogens (tertiary/aromatic N) is 3. The van der Waals surface area contributed by atoms with Crippen molar-refractivity contribution in [2.75, 3.05) is 13.1 Å². The molecule has 17 heavy (non-hydrogen) atoms. The van der Waals surface area contributed by atoms with Crippen LogP contribution in [0.4, 0.5) is 0 Å². The molecule has 1 fully saturated rings. The van der Waals surface area contributed by atoms with Crippen molar-refractivity contribution in [1.29, 1.82) is 0 Å². The Morgan fingerprint density at radius 1 is 1.71 bits per heavy atom. The summed E-state index contributed by atoms with van der Waals surface area (Å²) in [7, 11) is 1.88. The summed E-state index contributed by atoms with van der Waals surface area (Å²) >= 11 is 0.